The highest BCUT2D eigenvalue weighted by Gasteiger charge is 2.19. The number of hydrogen-bond acceptors (Lipinski definition) is 4. The Labute approximate surface area is 127 Å². The molecule has 3 aromatic heterocycles. The van der Waals surface area contributed by atoms with Crippen LogP contribution in [0, 0.1) is 6.92 Å². The van der Waals surface area contributed by atoms with Crippen molar-refractivity contribution < 1.29 is 0 Å². The van der Waals surface area contributed by atoms with Crippen molar-refractivity contribution in [2.75, 3.05) is 5.88 Å². The van der Waals surface area contributed by atoms with E-state index >= 15 is 0 Å². The van der Waals surface area contributed by atoms with Crippen molar-refractivity contribution in [3.63, 3.8) is 0 Å². The summed E-state index contributed by atoms with van der Waals surface area (Å²) in [6.45, 7) is 5.48. The molecule has 0 aliphatic carbocycles. The second-order valence-electron chi connectivity index (χ2n) is 4.98. The Bertz CT molecular complexity index is 767. The van der Waals surface area contributed by atoms with Gasteiger partial charge in [0.25, 0.3) is 0 Å². The molecule has 0 aromatic carbocycles. The Morgan fingerprint density at radius 1 is 1.29 bits per heavy atom. The molecule has 8 heteroatoms. The number of alkyl halides is 1. The van der Waals surface area contributed by atoms with Crippen LogP contribution in [0.2, 0.25) is 0 Å². The van der Waals surface area contributed by atoms with Gasteiger partial charge in [0.2, 0.25) is 0 Å². The van der Waals surface area contributed by atoms with E-state index in [4.69, 9.17) is 16.6 Å². The molecular formula is C13H18ClN7. The van der Waals surface area contributed by atoms with E-state index in [2.05, 4.69) is 26.8 Å². The van der Waals surface area contributed by atoms with Gasteiger partial charge in [-0.05, 0) is 13.8 Å². The second kappa shape index (κ2) is 5.48. The van der Waals surface area contributed by atoms with Crippen LogP contribution in [0.15, 0.2) is 6.33 Å². The largest absolute Gasteiger partial charge is 0.319 e. The van der Waals surface area contributed by atoms with Crippen molar-refractivity contribution in [2.45, 2.75) is 33.4 Å². The molecule has 0 spiro atoms. The van der Waals surface area contributed by atoms with Crippen molar-refractivity contribution in [2.24, 2.45) is 7.05 Å². The van der Waals surface area contributed by atoms with Crippen molar-refractivity contribution in [3.05, 3.63) is 23.7 Å². The number of hydrogen-bond donors (Lipinski definition) is 0. The van der Waals surface area contributed by atoms with Crippen LogP contribution in [0.3, 0.4) is 0 Å². The number of rotatable bonds is 5. The molecule has 21 heavy (non-hydrogen) atoms. The maximum Gasteiger partial charge on any atom is 0.159 e. The van der Waals surface area contributed by atoms with Crippen LogP contribution < -0.4 is 0 Å². The molecule has 3 heterocycles. The normalized spacial score (nSPS) is 11.6. The highest BCUT2D eigenvalue weighted by molar-refractivity contribution is 6.17. The lowest BCUT2D eigenvalue weighted by molar-refractivity contribution is 0.618. The second-order valence-corrected chi connectivity index (χ2v) is 5.36. The van der Waals surface area contributed by atoms with Gasteiger partial charge in [0.05, 0.1) is 12.2 Å². The third-order valence-corrected chi connectivity index (χ3v) is 3.79. The average Bonchev–Trinajstić information content (AvgIpc) is 3.10. The van der Waals surface area contributed by atoms with E-state index in [1.54, 1.807) is 6.33 Å². The SMILES string of the molecule is CCn1nc(C)c2nc(CCCl)n(Cc3nncn3C)c21. The molecule has 0 fully saturated rings. The number of nitrogens with zero attached hydrogens (tertiary/aromatic N) is 7. The van der Waals surface area contributed by atoms with E-state index in [1.165, 1.54) is 0 Å². The molecule has 0 N–H and O–H groups in total. The predicted molar refractivity (Wildman–Crippen MR) is 80.5 cm³/mol. The zero-order chi connectivity index (χ0) is 15.0. The number of imidazole rings is 1. The fourth-order valence-corrected chi connectivity index (χ4v) is 2.69. The molecule has 112 valence electrons. The van der Waals surface area contributed by atoms with Gasteiger partial charge in [-0.3, -0.25) is 0 Å². The first-order chi connectivity index (χ1) is 10.2. The van der Waals surface area contributed by atoms with Gasteiger partial charge >= 0.3 is 0 Å². The molecule has 0 radical (unpaired) electrons. The van der Waals surface area contributed by atoms with Gasteiger partial charge in [0, 0.05) is 25.9 Å². The summed E-state index contributed by atoms with van der Waals surface area (Å²) in [5.41, 5.74) is 2.91. The molecule has 3 aromatic rings. The molecule has 0 unspecified atom stereocenters. The zero-order valence-electron chi connectivity index (χ0n) is 12.4. The third kappa shape index (κ3) is 2.31. The first kappa shape index (κ1) is 14.1. The van der Waals surface area contributed by atoms with Crippen LogP contribution in [0.5, 0.6) is 0 Å². The Morgan fingerprint density at radius 2 is 2.10 bits per heavy atom. The fraction of sp³-hybridized carbons (Fsp3) is 0.538. The van der Waals surface area contributed by atoms with Crippen LogP contribution in [-0.4, -0.2) is 40.0 Å². The van der Waals surface area contributed by atoms with Crippen molar-refractivity contribution in [1.29, 1.82) is 0 Å². The summed E-state index contributed by atoms with van der Waals surface area (Å²) < 4.78 is 6.03. The van der Waals surface area contributed by atoms with Crippen molar-refractivity contribution >= 4 is 22.8 Å². The van der Waals surface area contributed by atoms with E-state index in [0.717, 1.165) is 41.5 Å². The standard InChI is InChI=1S/C13H18ClN7/c1-4-21-13-12(9(2)18-21)16-10(5-6-14)20(13)7-11-17-15-8-19(11)3/h8H,4-7H2,1-3H3. The Balaban J connectivity index is 2.17. The molecule has 0 saturated heterocycles. The molecule has 0 saturated carbocycles. The minimum atomic E-state index is 0.539. The number of aryl methyl sites for hydroxylation is 4. The minimum Gasteiger partial charge on any atom is -0.319 e. The summed E-state index contributed by atoms with van der Waals surface area (Å²) in [5.74, 6) is 2.38. The lowest BCUT2D eigenvalue weighted by atomic mass is 10.4. The average molecular weight is 308 g/mol. The van der Waals surface area contributed by atoms with E-state index in [-0.39, 0.29) is 0 Å². The lowest BCUT2D eigenvalue weighted by Crippen LogP contribution is -2.13. The molecule has 0 aliphatic rings. The Morgan fingerprint density at radius 3 is 2.71 bits per heavy atom. The van der Waals surface area contributed by atoms with E-state index in [1.807, 2.05) is 23.2 Å². The maximum absolute atomic E-state index is 5.92. The van der Waals surface area contributed by atoms with E-state index in [0.29, 0.717) is 12.4 Å². The molecule has 7 nitrogen and oxygen atoms in total. The highest BCUT2D eigenvalue weighted by Crippen LogP contribution is 2.21. The lowest BCUT2D eigenvalue weighted by Gasteiger charge is -2.09. The Hall–Kier alpha value is -1.89. The molecule has 0 amide bonds. The van der Waals surface area contributed by atoms with Gasteiger partial charge in [0.15, 0.2) is 11.5 Å². The summed E-state index contributed by atoms with van der Waals surface area (Å²) in [5, 5.41) is 12.6. The van der Waals surface area contributed by atoms with Gasteiger partial charge in [-0.2, -0.15) is 5.10 Å². The zero-order valence-corrected chi connectivity index (χ0v) is 13.2. The van der Waals surface area contributed by atoms with Gasteiger partial charge in [-0.15, -0.1) is 21.8 Å². The van der Waals surface area contributed by atoms with Crippen LogP contribution in [0.1, 0.15) is 24.3 Å². The molecule has 0 bridgehead atoms. The summed E-state index contributed by atoms with van der Waals surface area (Å²) >= 11 is 5.92. The highest BCUT2D eigenvalue weighted by atomic mass is 35.5. The molecule has 0 aliphatic heterocycles. The van der Waals surface area contributed by atoms with Crippen LogP contribution in [0.4, 0.5) is 0 Å². The van der Waals surface area contributed by atoms with Gasteiger partial charge in [-0.25, -0.2) is 9.67 Å². The topological polar surface area (TPSA) is 66.3 Å². The fourth-order valence-electron chi connectivity index (χ4n) is 2.52. The van der Waals surface area contributed by atoms with Gasteiger partial charge < -0.3 is 9.13 Å². The first-order valence-corrected chi connectivity index (χ1v) is 7.50. The smallest absolute Gasteiger partial charge is 0.159 e. The predicted octanol–water partition coefficient (Wildman–Crippen LogP) is 1.52. The van der Waals surface area contributed by atoms with Crippen molar-refractivity contribution in [3.8, 4) is 0 Å². The van der Waals surface area contributed by atoms with Gasteiger partial charge in [0.1, 0.15) is 17.7 Å². The molecule has 0 atom stereocenters. The number of fused-ring (bicyclic) bond motifs is 1. The first-order valence-electron chi connectivity index (χ1n) is 6.97. The number of aromatic nitrogens is 7. The summed E-state index contributed by atoms with van der Waals surface area (Å²) in [7, 11) is 1.94. The monoisotopic (exact) mass is 307 g/mol. The third-order valence-electron chi connectivity index (χ3n) is 3.60. The maximum atomic E-state index is 5.92. The molecular weight excluding hydrogens is 290 g/mol. The minimum absolute atomic E-state index is 0.539. The van der Waals surface area contributed by atoms with Crippen molar-refractivity contribution in [1.82, 2.24) is 34.1 Å². The van der Waals surface area contributed by atoms with E-state index < -0.39 is 0 Å². The quantitative estimate of drug-likeness (QED) is 0.670. The van der Waals surface area contributed by atoms with Crippen LogP contribution >= 0.6 is 11.6 Å². The van der Waals surface area contributed by atoms with E-state index in [9.17, 15) is 0 Å². The number of halogens is 1. The summed E-state index contributed by atoms with van der Waals surface area (Å²) in [4.78, 5) is 4.72. The summed E-state index contributed by atoms with van der Waals surface area (Å²) in [6.07, 6.45) is 2.42. The van der Waals surface area contributed by atoms with Crippen LogP contribution in [0.25, 0.3) is 11.2 Å². The summed E-state index contributed by atoms with van der Waals surface area (Å²) in [6, 6.07) is 0. The Kier molecular flexibility index (Phi) is 3.67. The van der Waals surface area contributed by atoms with Crippen LogP contribution in [-0.2, 0) is 26.6 Å². The van der Waals surface area contributed by atoms with Gasteiger partial charge in [-0.1, -0.05) is 0 Å². The molecule has 3 rings (SSSR count).